The van der Waals surface area contributed by atoms with Crippen molar-refractivity contribution in [2.75, 3.05) is 5.32 Å². The van der Waals surface area contributed by atoms with Gasteiger partial charge >= 0.3 is 6.36 Å². The summed E-state index contributed by atoms with van der Waals surface area (Å²) in [7, 11) is 0. The predicted octanol–water partition coefficient (Wildman–Crippen LogP) is 5.23. The summed E-state index contributed by atoms with van der Waals surface area (Å²) < 4.78 is 55.9. The average molecular weight is 307 g/mol. The van der Waals surface area contributed by atoms with Crippen LogP contribution in [0.1, 0.15) is 47.1 Å². The van der Waals surface area contributed by atoms with Crippen molar-refractivity contribution in [2.45, 2.75) is 58.9 Å². The van der Waals surface area contributed by atoms with Crippen molar-refractivity contribution in [3.63, 3.8) is 0 Å². The van der Waals surface area contributed by atoms with Crippen molar-refractivity contribution in [1.82, 2.24) is 0 Å². The second-order valence-corrected chi connectivity index (χ2v) is 7.00. The van der Waals surface area contributed by atoms with E-state index < -0.39 is 28.9 Å². The van der Waals surface area contributed by atoms with Crippen LogP contribution in [0.3, 0.4) is 0 Å². The summed E-state index contributed by atoms with van der Waals surface area (Å²) in [5.74, 6) is -1.32. The Balaban J connectivity index is 3.41. The molecule has 0 aromatic heterocycles. The molecule has 0 unspecified atom stereocenters. The van der Waals surface area contributed by atoms with Gasteiger partial charge in [-0.25, -0.2) is 4.39 Å². The normalized spacial score (nSPS) is 13.2. The Morgan fingerprint density at radius 2 is 1.48 bits per heavy atom. The van der Waals surface area contributed by atoms with Crippen molar-refractivity contribution in [2.24, 2.45) is 0 Å². The SMILES string of the molecule is CC(C)(C)Nc1c(F)cc(C(C)(C)C)cc1OC(F)(F)F. The molecule has 0 heterocycles. The van der Waals surface area contributed by atoms with E-state index in [2.05, 4.69) is 10.1 Å². The topological polar surface area (TPSA) is 21.3 Å². The van der Waals surface area contributed by atoms with Crippen molar-refractivity contribution in [1.29, 1.82) is 0 Å². The quantitative estimate of drug-likeness (QED) is 0.755. The molecule has 21 heavy (non-hydrogen) atoms. The summed E-state index contributed by atoms with van der Waals surface area (Å²) in [6, 6.07) is 2.46. The Kier molecular flexibility index (Phi) is 4.51. The third-order valence-electron chi connectivity index (χ3n) is 2.65. The maximum atomic E-state index is 14.2. The van der Waals surface area contributed by atoms with Gasteiger partial charge in [0.2, 0.25) is 0 Å². The van der Waals surface area contributed by atoms with Crippen LogP contribution < -0.4 is 10.1 Å². The smallest absolute Gasteiger partial charge is 0.403 e. The lowest BCUT2D eigenvalue weighted by Crippen LogP contribution is -2.28. The molecule has 0 radical (unpaired) electrons. The number of rotatable bonds is 2. The monoisotopic (exact) mass is 307 g/mol. The number of anilines is 1. The molecular formula is C15H21F4NO. The molecule has 1 rings (SSSR count). The van der Waals surface area contributed by atoms with E-state index in [1.54, 1.807) is 41.5 Å². The molecule has 0 fully saturated rings. The van der Waals surface area contributed by atoms with Crippen molar-refractivity contribution in [3.8, 4) is 5.75 Å². The van der Waals surface area contributed by atoms with Gasteiger partial charge in [-0.15, -0.1) is 13.2 Å². The fraction of sp³-hybridized carbons (Fsp3) is 0.600. The first-order valence-electron chi connectivity index (χ1n) is 6.57. The predicted molar refractivity (Wildman–Crippen MR) is 75.2 cm³/mol. The number of halogens is 4. The molecule has 0 saturated heterocycles. The Morgan fingerprint density at radius 3 is 1.86 bits per heavy atom. The summed E-state index contributed by atoms with van der Waals surface area (Å²) in [5, 5.41) is 2.72. The van der Waals surface area contributed by atoms with Crippen LogP contribution in [0, 0.1) is 5.82 Å². The number of hydrogen-bond donors (Lipinski definition) is 1. The van der Waals surface area contributed by atoms with Crippen LogP contribution in [0.5, 0.6) is 5.75 Å². The summed E-state index contributed by atoms with van der Waals surface area (Å²) in [4.78, 5) is 0. The maximum Gasteiger partial charge on any atom is 0.573 e. The lowest BCUT2D eigenvalue weighted by Gasteiger charge is -2.27. The fourth-order valence-electron chi connectivity index (χ4n) is 1.72. The van der Waals surface area contributed by atoms with Crippen LogP contribution in [0.25, 0.3) is 0 Å². The summed E-state index contributed by atoms with van der Waals surface area (Å²) in [5.41, 5.74) is -0.954. The average Bonchev–Trinajstić information content (AvgIpc) is 2.17. The first-order chi connectivity index (χ1) is 9.19. The molecule has 120 valence electrons. The summed E-state index contributed by atoms with van der Waals surface area (Å²) in [6.07, 6.45) is -4.88. The molecule has 0 amide bonds. The van der Waals surface area contributed by atoms with Gasteiger partial charge in [0.05, 0.1) is 0 Å². The standard InChI is InChI=1S/C15H21F4NO/c1-13(2,3)9-7-10(16)12(20-14(4,5)6)11(8-9)21-15(17,18)19/h7-8,20H,1-6H3. The van der Waals surface area contributed by atoms with Gasteiger partial charge in [-0.2, -0.15) is 0 Å². The van der Waals surface area contributed by atoms with E-state index in [4.69, 9.17) is 0 Å². The minimum Gasteiger partial charge on any atom is -0.403 e. The van der Waals surface area contributed by atoms with Crippen LogP contribution in [0.2, 0.25) is 0 Å². The van der Waals surface area contributed by atoms with Crippen molar-refractivity contribution in [3.05, 3.63) is 23.5 Å². The third-order valence-corrected chi connectivity index (χ3v) is 2.65. The van der Waals surface area contributed by atoms with E-state index in [1.807, 2.05) is 0 Å². The number of nitrogens with one attached hydrogen (secondary N) is 1. The van der Waals surface area contributed by atoms with E-state index >= 15 is 0 Å². The highest BCUT2D eigenvalue weighted by Gasteiger charge is 2.34. The largest absolute Gasteiger partial charge is 0.573 e. The van der Waals surface area contributed by atoms with Crippen molar-refractivity contribution < 1.29 is 22.3 Å². The Hall–Kier alpha value is -1.46. The highest BCUT2D eigenvalue weighted by atomic mass is 19.4. The molecule has 1 aromatic carbocycles. The summed E-state index contributed by atoms with van der Waals surface area (Å²) in [6.45, 7) is 10.5. The van der Waals surface area contributed by atoms with E-state index in [9.17, 15) is 17.6 Å². The fourth-order valence-corrected chi connectivity index (χ4v) is 1.72. The van der Waals surface area contributed by atoms with Gasteiger partial charge in [0.1, 0.15) is 11.5 Å². The molecule has 0 atom stereocenters. The zero-order valence-corrected chi connectivity index (χ0v) is 13.1. The molecule has 1 aromatic rings. The number of alkyl halides is 3. The molecular weight excluding hydrogens is 286 g/mol. The van der Waals surface area contributed by atoms with E-state index in [-0.39, 0.29) is 5.69 Å². The van der Waals surface area contributed by atoms with Crippen LogP contribution in [-0.2, 0) is 5.41 Å². The first-order valence-corrected chi connectivity index (χ1v) is 6.57. The van der Waals surface area contributed by atoms with Gasteiger partial charge in [-0.05, 0) is 43.9 Å². The first kappa shape index (κ1) is 17.6. The molecule has 0 aliphatic carbocycles. The van der Waals surface area contributed by atoms with E-state index in [1.165, 1.54) is 12.1 Å². The Bertz CT molecular complexity index is 510. The van der Waals surface area contributed by atoms with Crippen LogP contribution in [-0.4, -0.2) is 11.9 Å². The molecule has 0 spiro atoms. The lowest BCUT2D eigenvalue weighted by molar-refractivity contribution is -0.274. The van der Waals surface area contributed by atoms with Gasteiger partial charge in [0.25, 0.3) is 0 Å². The lowest BCUT2D eigenvalue weighted by atomic mass is 9.86. The number of benzene rings is 1. The molecule has 0 aliphatic rings. The van der Waals surface area contributed by atoms with Gasteiger partial charge in [0, 0.05) is 5.54 Å². The zero-order valence-electron chi connectivity index (χ0n) is 13.1. The van der Waals surface area contributed by atoms with Crippen LogP contribution in [0.4, 0.5) is 23.2 Å². The number of ether oxygens (including phenoxy) is 1. The maximum absolute atomic E-state index is 14.2. The highest BCUT2D eigenvalue weighted by Crippen LogP contribution is 2.38. The molecule has 0 saturated carbocycles. The number of hydrogen-bond acceptors (Lipinski definition) is 2. The van der Waals surface area contributed by atoms with Crippen molar-refractivity contribution >= 4 is 5.69 Å². The third kappa shape index (κ3) is 5.44. The second-order valence-electron chi connectivity index (χ2n) is 7.00. The molecule has 0 bridgehead atoms. The van der Waals surface area contributed by atoms with Crippen LogP contribution >= 0.6 is 0 Å². The molecule has 2 nitrogen and oxygen atoms in total. The zero-order chi connectivity index (χ0) is 16.6. The minimum absolute atomic E-state index is 0.284. The molecule has 6 heteroatoms. The Labute approximate surface area is 122 Å². The van der Waals surface area contributed by atoms with Crippen LogP contribution in [0.15, 0.2) is 12.1 Å². The van der Waals surface area contributed by atoms with E-state index in [0.717, 1.165) is 0 Å². The van der Waals surface area contributed by atoms with Gasteiger partial charge in [-0.3, -0.25) is 0 Å². The minimum atomic E-state index is -4.88. The van der Waals surface area contributed by atoms with E-state index in [0.29, 0.717) is 5.56 Å². The van der Waals surface area contributed by atoms with Gasteiger partial charge in [-0.1, -0.05) is 20.8 Å². The van der Waals surface area contributed by atoms with Gasteiger partial charge in [0.15, 0.2) is 5.75 Å². The summed E-state index contributed by atoms with van der Waals surface area (Å²) >= 11 is 0. The molecule has 1 N–H and O–H groups in total. The van der Waals surface area contributed by atoms with Gasteiger partial charge < -0.3 is 10.1 Å². The molecule has 0 aliphatic heterocycles. The second kappa shape index (κ2) is 5.39. The highest BCUT2D eigenvalue weighted by molar-refractivity contribution is 5.61. The Morgan fingerprint density at radius 1 is 0.952 bits per heavy atom.